The monoisotopic (exact) mass is 409 g/mol. The molecular formula is C21H22F3NO4. The van der Waals surface area contributed by atoms with Crippen LogP contribution in [0.3, 0.4) is 0 Å². The molecule has 1 aromatic heterocycles. The van der Waals surface area contributed by atoms with Gasteiger partial charge in [-0.3, -0.25) is 4.79 Å². The van der Waals surface area contributed by atoms with Crippen molar-refractivity contribution in [3.05, 3.63) is 53.7 Å². The van der Waals surface area contributed by atoms with Crippen LogP contribution in [-0.4, -0.2) is 29.3 Å². The number of aliphatic carboxylic acids is 1. The van der Waals surface area contributed by atoms with E-state index >= 15 is 0 Å². The highest BCUT2D eigenvalue weighted by Gasteiger charge is 2.44. The van der Waals surface area contributed by atoms with Crippen LogP contribution in [0.1, 0.15) is 43.2 Å². The van der Waals surface area contributed by atoms with Crippen molar-refractivity contribution in [3.8, 4) is 11.6 Å². The molecule has 1 saturated carbocycles. The minimum Gasteiger partial charge on any atom is -0.493 e. The summed E-state index contributed by atoms with van der Waals surface area (Å²) in [6.45, 7) is 2.60. The highest BCUT2D eigenvalue weighted by atomic mass is 19.4. The molecule has 1 atom stereocenters. The third kappa shape index (κ3) is 5.85. The number of aromatic nitrogens is 1. The van der Waals surface area contributed by atoms with Crippen LogP contribution in [0.25, 0.3) is 0 Å². The van der Waals surface area contributed by atoms with Crippen LogP contribution in [0.2, 0.25) is 0 Å². The smallest absolute Gasteiger partial charge is 0.417 e. The van der Waals surface area contributed by atoms with Gasteiger partial charge in [-0.2, -0.15) is 13.2 Å². The molecule has 5 nitrogen and oxygen atoms in total. The van der Waals surface area contributed by atoms with E-state index in [9.17, 15) is 18.0 Å². The lowest BCUT2D eigenvalue weighted by molar-refractivity contribution is -0.138. The second-order valence-electron chi connectivity index (χ2n) is 7.53. The lowest BCUT2D eigenvalue weighted by atomic mass is 9.98. The van der Waals surface area contributed by atoms with Gasteiger partial charge in [0.05, 0.1) is 25.2 Å². The fourth-order valence-corrected chi connectivity index (χ4v) is 2.88. The maximum absolute atomic E-state index is 12.6. The van der Waals surface area contributed by atoms with Crippen molar-refractivity contribution in [1.82, 2.24) is 4.98 Å². The van der Waals surface area contributed by atoms with Gasteiger partial charge in [-0.1, -0.05) is 19.1 Å². The molecule has 1 heterocycles. The van der Waals surface area contributed by atoms with Crippen LogP contribution in [0.4, 0.5) is 13.2 Å². The van der Waals surface area contributed by atoms with Gasteiger partial charge >= 0.3 is 12.1 Å². The molecule has 156 valence electrons. The van der Waals surface area contributed by atoms with Crippen LogP contribution in [0.5, 0.6) is 11.6 Å². The summed E-state index contributed by atoms with van der Waals surface area (Å²) in [5, 5.41) is 8.87. The first kappa shape index (κ1) is 21.0. The second kappa shape index (κ2) is 8.31. The van der Waals surface area contributed by atoms with E-state index in [-0.39, 0.29) is 23.6 Å². The molecule has 1 unspecified atom stereocenters. The number of carboxylic acids is 1. The zero-order valence-corrected chi connectivity index (χ0v) is 15.9. The summed E-state index contributed by atoms with van der Waals surface area (Å²) in [6.07, 6.45) is -1.78. The number of alkyl halides is 3. The number of hydrogen-bond donors (Lipinski definition) is 1. The molecule has 0 spiro atoms. The molecule has 0 aliphatic heterocycles. The van der Waals surface area contributed by atoms with Gasteiger partial charge in [0.15, 0.2) is 0 Å². The number of nitrogens with zero attached hydrogens (tertiary/aromatic N) is 1. The Labute approximate surface area is 166 Å². The first-order chi connectivity index (χ1) is 13.7. The number of carboxylic acid groups (broad SMARTS) is 1. The van der Waals surface area contributed by atoms with E-state index in [1.165, 1.54) is 6.07 Å². The van der Waals surface area contributed by atoms with E-state index in [4.69, 9.17) is 14.6 Å². The summed E-state index contributed by atoms with van der Waals surface area (Å²) in [4.78, 5) is 14.5. The fourth-order valence-electron chi connectivity index (χ4n) is 2.88. The van der Waals surface area contributed by atoms with Crippen molar-refractivity contribution in [2.45, 2.75) is 38.3 Å². The van der Waals surface area contributed by atoms with Crippen molar-refractivity contribution in [2.24, 2.45) is 5.41 Å². The van der Waals surface area contributed by atoms with Gasteiger partial charge in [-0.15, -0.1) is 0 Å². The zero-order chi connectivity index (χ0) is 21.1. The molecule has 0 radical (unpaired) electrons. The molecule has 0 bridgehead atoms. The minimum absolute atomic E-state index is 0.0681. The molecule has 1 aliphatic carbocycles. The maximum Gasteiger partial charge on any atom is 0.417 e. The van der Waals surface area contributed by atoms with Crippen molar-refractivity contribution in [3.63, 3.8) is 0 Å². The standard InChI is InChI=1S/C21H22F3NO4/c1-14(10-19(26)27)15-2-5-17(6-3-15)28-12-20(8-9-20)13-29-18-7-4-16(11-25-18)21(22,23)24/h2-7,11,14H,8-10,12-13H2,1H3,(H,26,27). The molecule has 0 amide bonds. The molecule has 0 saturated heterocycles. The average molecular weight is 409 g/mol. The summed E-state index contributed by atoms with van der Waals surface area (Å²) in [5.74, 6) is -0.0896. The number of ether oxygens (including phenoxy) is 2. The lowest BCUT2D eigenvalue weighted by Gasteiger charge is -2.17. The predicted octanol–water partition coefficient (Wildman–Crippen LogP) is 4.92. The number of halogens is 3. The third-order valence-corrected chi connectivity index (χ3v) is 5.02. The lowest BCUT2D eigenvalue weighted by Crippen LogP contribution is -2.21. The predicted molar refractivity (Wildman–Crippen MR) is 99.0 cm³/mol. The maximum atomic E-state index is 12.6. The van der Waals surface area contributed by atoms with Crippen molar-refractivity contribution >= 4 is 5.97 Å². The largest absolute Gasteiger partial charge is 0.493 e. The van der Waals surface area contributed by atoms with Crippen molar-refractivity contribution in [1.29, 1.82) is 0 Å². The summed E-state index contributed by atoms with van der Waals surface area (Å²) in [7, 11) is 0. The van der Waals surface area contributed by atoms with E-state index in [0.29, 0.717) is 19.0 Å². The van der Waals surface area contributed by atoms with Crippen LogP contribution in [0.15, 0.2) is 42.6 Å². The summed E-state index contributed by atoms with van der Waals surface area (Å²) in [6, 6.07) is 9.49. The molecule has 1 fully saturated rings. The molecule has 1 N–H and O–H groups in total. The minimum atomic E-state index is -4.42. The first-order valence-electron chi connectivity index (χ1n) is 9.27. The van der Waals surface area contributed by atoms with Crippen LogP contribution >= 0.6 is 0 Å². The normalized spacial score (nSPS) is 16.1. The first-order valence-corrected chi connectivity index (χ1v) is 9.27. The molecule has 1 aliphatic rings. The van der Waals surface area contributed by atoms with Crippen LogP contribution in [-0.2, 0) is 11.0 Å². The second-order valence-corrected chi connectivity index (χ2v) is 7.53. The summed E-state index contributed by atoms with van der Waals surface area (Å²) >= 11 is 0. The molecule has 8 heteroatoms. The van der Waals surface area contributed by atoms with E-state index < -0.39 is 17.7 Å². The molecule has 29 heavy (non-hydrogen) atoms. The Morgan fingerprint density at radius 3 is 2.31 bits per heavy atom. The van der Waals surface area contributed by atoms with Crippen LogP contribution < -0.4 is 9.47 Å². The molecule has 3 rings (SSSR count). The average Bonchev–Trinajstić information content (AvgIpc) is 3.45. The van der Waals surface area contributed by atoms with Gasteiger partial charge in [-0.25, -0.2) is 4.98 Å². The Bertz CT molecular complexity index is 830. The van der Waals surface area contributed by atoms with E-state index in [2.05, 4.69) is 4.98 Å². The van der Waals surface area contributed by atoms with Crippen molar-refractivity contribution in [2.75, 3.05) is 13.2 Å². The zero-order valence-electron chi connectivity index (χ0n) is 15.9. The number of hydrogen-bond acceptors (Lipinski definition) is 4. The SMILES string of the molecule is CC(CC(=O)O)c1ccc(OCC2(COc3ccc(C(F)(F)F)cn3)CC2)cc1. The van der Waals surface area contributed by atoms with Gasteiger partial charge in [0.25, 0.3) is 0 Å². The van der Waals surface area contributed by atoms with E-state index in [0.717, 1.165) is 30.7 Å². The third-order valence-electron chi connectivity index (χ3n) is 5.02. The van der Waals surface area contributed by atoms with Gasteiger partial charge in [0, 0.05) is 17.7 Å². The van der Waals surface area contributed by atoms with Gasteiger partial charge in [-0.05, 0) is 42.5 Å². The Balaban J connectivity index is 1.49. The van der Waals surface area contributed by atoms with Gasteiger partial charge in [0.2, 0.25) is 5.88 Å². The van der Waals surface area contributed by atoms with Gasteiger partial charge in [0.1, 0.15) is 5.75 Å². The van der Waals surface area contributed by atoms with E-state index in [1.807, 2.05) is 31.2 Å². The summed E-state index contributed by atoms with van der Waals surface area (Å²) < 4.78 is 49.1. The van der Waals surface area contributed by atoms with Gasteiger partial charge < -0.3 is 14.6 Å². The number of carbonyl (C=O) groups is 1. The Hall–Kier alpha value is -2.77. The number of pyridine rings is 1. The van der Waals surface area contributed by atoms with Crippen molar-refractivity contribution < 1.29 is 32.5 Å². The highest BCUT2D eigenvalue weighted by molar-refractivity contribution is 5.67. The van der Waals surface area contributed by atoms with E-state index in [1.54, 1.807) is 0 Å². The molecular weight excluding hydrogens is 387 g/mol. The quantitative estimate of drug-likeness (QED) is 0.637. The molecule has 1 aromatic carbocycles. The van der Waals surface area contributed by atoms with Crippen LogP contribution in [0, 0.1) is 5.41 Å². The fraction of sp³-hybridized carbons (Fsp3) is 0.429. The Morgan fingerprint density at radius 1 is 1.14 bits per heavy atom. The Kier molecular flexibility index (Phi) is 6.00. The number of rotatable bonds is 9. The molecule has 2 aromatic rings. The highest BCUT2D eigenvalue weighted by Crippen LogP contribution is 2.46. The summed E-state index contributed by atoms with van der Waals surface area (Å²) in [5.41, 5.74) is -0.0485. The Morgan fingerprint density at radius 2 is 1.79 bits per heavy atom. The topological polar surface area (TPSA) is 68.7 Å². The number of benzene rings is 1.